The summed E-state index contributed by atoms with van der Waals surface area (Å²) in [5, 5.41) is 12.6. The van der Waals surface area contributed by atoms with Gasteiger partial charge in [0.1, 0.15) is 0 Å². The van der Waals surface area contributed by atoms with E-state index in [-0.39, 0.29) is 11.7 Å². The molecule has 0 bridgehead atoms. The van der Waals surface area contributed by atoms with E-state index >= 15 is 0 Å². The van der Waals surface area contributed by atoms with Gasteiger partial charge in [-0.05, 0) is 36.4 Å². The minimum atomic E-state index is -0.0603. The second-order valence-corrected chi connectivity index (χ2v) is 6.94. The van der Waals surface area contributed by atoms with Gasteiger partial charge in [0.15, 0.2) is 5.82 Å². The summed E-state index contributed by atoms with van der Waals surface area (Å²) in [5.74, 6) is 0.947. The van der Waals surface area contributed by atoms with Crippen molar-refractivity contribution in [2.45, 2.75) is 19.0 Å². The summed E-state index contributed by atoms with van der Waals surface area (Å²) in [4.78, 5) is 17.6. The zero-order chi connectivity index (χ0) is 16.2. The molecule has 0 unspecified atom stereocenters. The number of aromatic nitrogens is 3. The molecular weight excluding hydrogens is 328 g/mol. The molecule has 2 aromatic heterocycles. The summed E-state index contributed by atoms with van der Waals surface area (Å²) in [6.07, 6.45) is 0. The first-order valence-corrected chi connectivity index (χ1v) is 8.95. The van der Waals surface area contributed by atoms with E-state index in [2.05, 4.69) is 20.5 Å². The number of nitrogens with one attached hydrogen (secondary N) is 2. The van der Waals surface area contributed by atoms with Crippen LogP contribution in [0.25, 0.3) is 10.7 Å². The molecule has 7 heteroatoms. The Kier molecular flexibility index (Phi) is 4.78. The van der Waals surface area contributed by atoms with Gasteiger partial charge >= 0.3 is 0 Å². The quantitative estimate of drug-likeness (QED) is 0.689. The van der Waals surface area contributed by atoms with Crippen LogP contribution in [-0.2, 0) is 4.79 Å². The first-order chi connectivity index (χ1) is 11.1. The van der Waals surface area contributed by atoms with Gasteiger partial charge < -0.3 is 5.32 Å². The van der Waals surface area contributed by atoms with E-state index in [1.165, 1.54) is 11.8 Å². The highest BCUT2D eigenvalue weighted by Crippen LogP contribution is 2.24. The fourth-order valence-corrected chi connectivity index (χ4v) is 3.41. The Hall–Kier alpha value is -2.12. The van der Waals surface area contributed by atoms with Crippen LogP contribution in [0, 0.1) is 13.8 Å². The predicted octanol–water partition coefficient (Wildman–Crippen LogP) is 3.88. The monoisotopic (exact) mass is 344 g/mol. The van der Waals surface area contributed by atoms with Crippen LogP contribution in [-0.4, -0.2) is 26.8 Å². The lowest BCUT2D eigenvalue weighted by Gasteiger charge is -2.10. The van der Waals surface area contributed by atoms with Gasteiger partial charge in [-0.1, -0.05) is 36.0 Å². The third-order valence-electron chi connectivity index (χ3n) is 3.30. The maximum Gasteiger partial charge on any atom is 0.234 e. The second-order valence-electron chi connectivity index (χ2n) is 5.05. The third kappa shape index (κ3) is 3.80. The molecule has 0 spiro atoms. The molecule has 0 aliphatic rings. The lowest BCUT2D eigenvalue weighted by atomic mass is 10.1. The largest absolute Gasteiger partial charge is 0.325 e. The molecular formula is C16H16N4OS2. The number of H-pyrrole nitrogens is 1. The molecule has 0 fully saturated rings. The van der Waals surface area contributed by atoms with E-state index < -0.39 is 0 Å². The molecule has 2 N–H and O–H groups in total. The van der Waals surface area contributed by atoms with Crippen molar-refractivity contribution in [3.63, 3.8) is 0 Å². The first-order valence-electron chi connectivity index (χ1n) is 7.08. The fourth-order valence-electron chi connectivity index (χ4n) is 2.15. The number of carbonyl (C=O) groups excluding carboxylic acids is 1. The molecule has 23 heavy (non-hydrogen) atoms. The maximum absolute atomic E-state index is 12.1. The van der Waals surface area contributed by atoms with Crippen molar-refractivity contribution in [1.29, 1.82) is 0 Å². The van der Waals surface area contributed by atoms with Gasteiger partial charge in [-0.3, -0.25) is 9.89 Å². The summed E-state index contributed by atoms with van der Waals surface area (Å²) in [6, 6.07) is 9.89. The van der Waals surface area contributed by atoms with Crippen molar-refractivity contribution >= 4 is 34.7 Å². The van der Waals surface area contributed by atoms with E-state index in [4.69, 9.17) is 0 Å². The SMILES string of the molecule is Cc1cccc(C)c1NC(=O)CSc1n[nH]c(-c2cccs2)n1. The number of rotatable bonds is 5. The van der Waals surface area contributed by atoms with E-state index in [0.717, 1.165) is 27.5 Å². The summed E-state index contributed by atoms with van der Waals surface area (Å²) in [5.41, 5.74) is 3.00. The number of aromatic amines is 1. The van der Waals surface area contributed by atoms with Crippen LogP contribution < -0.4 is 5.32 Å². The number of amides is 1. The molecule has 0 radical (unpaired) electrons. The minimum Gasteiger partial charge on any atom is -0.325 e. The lowest BCUT2D eigenvalue weighted by molar-refractivity contribution is -0.113. The van der Waals surface area contributed by atoms with Gasteiger partial charge in [-0.2, -0.15) is 0 Å². The number of thiophene rings is 1. The highest BCUT2D eigenvalue weighted by atomic mass is 32.2. The predicted molar refractivity (Wildman–Crippen MR) is 95.0 cm³/mol. The van der Waals surface area contributed by atoms with Crippen LogP contribution in [0.3, 0.4) is 0 Å². The Morgan fingerprint density at radius 1 is 1.26 bits per heavy atom. The summed E-state index contributed by atoms with van der Waals surface area (Å²) in [7, 11) is 0. The zero-order valence-corrected chi connectivity index (χ0v) is 14.4. The molecule has 0 atom stereocenters. The summed E-state index contributed by atoms with van der Waals surface area (Å²) >= 11 is 2.91. The van der Waals surface area contributed by atoms with Crippen LogP contribution in [0.15, 0.2) is 40.9 Å². The zero-order valence-electron chi connectivity index (χ0n) is 12.8. The Morgan fingerprint density at radius 3 is 2.74 bits per heavy atom. The van der Waals surface area contributed by atoms with Crippen LogP contribution in [0.1, 0.15) is 11.1 Å². The van der Waals surface area contributed by atoms with E-state index in [9.17, 15) is 4.79 Å². The number of aryl methyl sites for hydroxylation is 2. The van der Waals surface area contributed by atoms with Gasteiger partial charge in [0.25, 0.3) is 0 Å². The molecule has 0 aliphatic carbocycles. The van der Waals surface area contributed by atoms with Gasteiger partial charge in [0, 0.05) is 5.69 Å². The Morgan fingerprint density at radius 2 is 2.04 bits per heavy atom. The van der Waals surface area contributed by atoms with Crippen molar-refractivity contribution in [3.05, 3.63) is 46.8 Å². The Labute approximate surface area is 142 Å². The van der Waals surface area contributed by atoms with Crippen molar-refractivity contribution in [2.24, 2.45) is 0 Å². The van der Waals surface area contributed by atoms with Crippen LogP contribution in [0.2, 0.25) is 0 Å². The molecule has 3 rings (SSSR count). The lowest BCUT2D eigenvalue weighted by Crippen LogP contribution is -2.15. The van der Waals surface area contributed by atoms with E-state index in [1.807, 2.05) is 49.6 Å². The average molecular weight is 344 g/mol. The van der Waals surface area contributed by atoms with Gasteiger partial charge in [-0.15, -0.1) is 16.4 Å². The van der Waals surface area contributed by atoms with Crippen molar-refractivity contribution in [2.75, 3.05) is 11.1 Å². The molecule has 1 amide bonds. The van der Waals surface area contributed by atoms with Crippen LogP contribution >= 0.6 is 23.1 Å². The first kappa shape index (κ1) is 15.8. The third-order valence-corrected chi connectivity index (χ3v) is 5.02. The molecule has 0 saturated heterocycles. The number of nitrogens with zero attached hydrogens (tertiary/aromatic N) is 2. The van der Waals surface area contributed by atoms with Gasteiger partial charge in [0.05, 0.1) is 10.6 Å². The minimum absolute atomic E-state index is 0.0603. The standard InChI is InChI=1S/C16H16N4OS2/c1-10-5-3-6-11(2)14(10)17-13(21)9-23-16-18-15(19-20-16)12-7-4-8-22-12/h3-8H,9H2,1-2H3,(H,17,21)(H,18,19,20). The second kappa shape index (κ2) is 6.97. The average Bonchev–Trinajstić information content (AvgIpc) is 3.19. The molecule has 3 aromatic rings. The fraction of sp³-hybridized carbons (Fsp3) is 0.188. The highest BCUT2D eigenvalue weighted by Gasteiger charge is 2.11. The van der Waals surface area contributed by atoms with E-state index in [0.29, 0.717) is 5.16 Å². The molecule has 1 aromatic carbocycles. The molecule has 0 saturated carbocycles. The maximum atomic E-state index is 12.1. The Bertz CT molecular complexity index is 791. The van der Waals surface area contributed by atoms with Crippen molar-refractivity contribution in [3.8, 4) is 10.7 Å². The normalized spacial score (nSPS) is 10.7. The number of benzene rings is 1. The van der Waals surface area contributed by atoms with Gasteiger partial charge in [-0.25, -0.2) is 4.98 Å². The summed E-state index contributed by atoms with van der Waals surface area (Å²) < 4.78 is 0. The summed E-state index contributed by atoms with van der Waals surface area (Å²) in [6.45, 7) is 3.97. The smallest absolute Gasteiger partial charge is 0.234 e. The number of anilines is 1. The van der Waals surface area contributed by atoms with Crippen LogP contribution in [0.5, 0.6) is 0 Å². The molecule has 5 nitrogen and oxygen atoms in total. The molecule has 118 valence electrons. The number of thioether (sulfide) groups is 1. The number of para-hydroxylation sites is 1. The van der Waals surface area contributed by atoms with Crippen molar-refractivity contribution < 1.29 is 4.79 Å². The highest BCUT2D eigenvalue weighted by molar-refractivity contribution is 7.99. The number of hydrogen-bond acceptors (Lipinski definition) is 5. The van der Waals surface area contributed by atoms with E-state index in [1.54, 1.807) is 11.3 Å². The topological polar surface area (TPSA) is 70.7 Å². The number of hydrogen-bond donors (Lipinski definition) is 2. The molecule has 2 heterocycles. The van der Waals surface area contributed by atoms with Crippen molar-refractivity contribution in [1.82, 2.24) is 15.2 Å². The Balaban J connectivity index is 1.59. The van der Waals surface area contributed by atoms with Gasteiger partial charge in [0.2, 0.25) is 11.1 Å². The van der Waals surface area contributed by atoms with Crippen LogP contribution in [0.4, 0.5) is 5.69 Å². The number of carbonyl (C=O) groups is 1. The molecule has 0 aliphatic heterocycles.